The number of carbonyl (C=O) groups is 3. The van der Waals surface area contributed by atoms with E-state index in [4.69, 9.17) is 4.74 Å². The van der Waals surface area contributed by atoms with Crippen LogP contribution < -0.4 is 5.32 Å². The highest BCUT2D eigenvalue weighted by molar-refractivity contribution is 5.82. The van der Waals surface area contributed by atoms with Gasteiger partial charge in [-0.15, -0.1) is 0 Å². The van der Waals surface area contributed by atoms with E-state index >= 15 is 0 Å². The third-order valence-corrected chi connectivity index (χ3v) is 3.57. The molecule has 0 aliphatic carbocycles. The van der Waals surface area contributed by atoms with Crippen LogP contribution in [0.4, 0.5) is 4.79 Å². The molecule has 1 N–H and O–H groups in total. The second-order valence-electron chi connectivity index (χ2n) is 7.57. The van der Waals surface area contributed by atoms with Crippen molar-refractivity contribution in [1.82, 2.24) is 15.1 Å². The van der Waals surface area contributed by atoms with Crippen LogP contribution in [0.1, 0.15) is 47.5 Å². The van der Waals surface area contributed by atoms with Crippen LogP contribution in [0.2, 0.25) is 0 Å². The molecule has 1 aliphatic heterocycles. The van der Waals surface area contributed by atoms with Gasteiger partial charge in [0.15, 0.2) is 0 Å². The number of carbonyl (C=O) groups excluding carboxylic acids is 3. The summed E-state index contributed by atoms with van der Waals surface area (Å²) in [5.41, 5.74) is -0.590. The monoisotopic (exact) mass is 341 g/mol. The van der Waals surface area contributed by atoms with Crippen LogP contribution in [0.5, 0.6) is 0 Å². The first-order chi connectivity index (χ1) is 11.1. The van der Waals surface area contributed by atoms with E-state index in [1.807, 2.05) is 18.7 Å². The van der Waals surface area contributed by atoms with E-state index in [-0.39, 0.29) is 18.4 Å². The van der Waals surface area contributed by atoms with Gasteiger partial charge in [-0.05, 0) is 33.1 Å². The molecule has 3 amide bonds. The normalized spacial score (nSPS) is 15.9. The van der Waals surface area contributed by atoms with Crippen molar-refractivity contribution in [1.29, 1.82) is 0 Å². The summed E-state index contributed by atoms with van der Waals surface area (Å²) in [6.07, 6.45) is 0.690. The van der Waals surface area contributed by atoms with Gasteiger partial charge in [0, 0.05) is 32.6 Å². The summed E-state index contributed by atoms with van der Waals surface area (Å²) >= 11 is 0. The first-order valence-corrected chi connectivity index (χ1v) is 8.61. The third-order valence-electron chi connectivity index (χ3n) is 3.57. The Bertz CT molecular complexity index is 457. The van der Waals surface area contributed by atoms with E-state index < -0.39 is 11.7 Å². The van der Waals surface area contributed by atoms with Crippen molar-refractivity contribution in [2.24, 2.45) is 5.92 Å². The van der Waals surface area contributed by atoms with E-state index in [2.05, 4.69) is 5.32 Å². The van der Waals surface area contributed by atoms with Gasteiger partial charge >= 0.3 is 6.09 Å². The molecule has 0 aromatic carbocycles. The average molecular weight is 341 g/mol. The first kappa shape index (κ1) is 20.3. The van der Waals surface area contributed by atoms with Gasteiger partial charge in [0.25, 0.3) is 0 Å². The Labute approximate surface area is 144 Å². The van der Waals surface area contributed by atoms with Gasteiger partial charge in [0.05, 0.1) is 0 Å². The van der Waals surface area contributed by atoms with Crippen molar-refractivity contribution in [3.05, 3.63) is 0 Å². The van der Waals surface area contributed by atoms with E-state index in [1.54, 1.807) is 25.7 Å². The first-order valence-electron chi connectivity index (χ1n) is 8.61. The fourth-order valence-corrected chi connectivity index (χ4v) is 2.47. The summed E-state index contributed by atoms with van der Waals surface area (Å²) in [4.78, 5) is 39.5. The van der Waals surface area contributed by atoms with Crippen LogP contribution >= 0.6 is 0 Å². The zero-order valence-electron chi connectivity index (χ0n) is 15.6. The second kappa shape index (κ2) is 8.89. The Hall–Kier alpha value is -1.79. The molecule has 0 spiro atoms. The largest absolute Gasteiger partial charge is 0.444 e. The Morgan fingerprint density at radius 3 is 2.04 bits per heavy atom. The molecule has 0 radical (unpaired) electrons. The molecule has 1 heterocycles. The lowest BCUT2D eigenvalue weighted by Crippen LogP contribution is -2.43. The molecule has 0 saturated carbocycles. The summed E-state index contributed by atoms with van der Waals surface area (Å²) in [5.74, 6) is 0.321. The number of amides is 3. The number of hydrogen-bond acceptors (Lipinski definition) is 4. The summed E-state index contributed by atoms with van der Waals surface area (Å²) in [7, 11) is 0. The molecule has 0 unspecified atom stereocenters. The van der Waals surface area contributed by atoms with Gasteiger partial charge in [-0.25, -0.2) is 4.79 Å². The molecule has 1 saturated heterocycles. The molecule has 7 nitrogen and oxygen atoms in total. The molecular formula is C17H31N3O4. The highest BCUT2D eigenvalue weighted by Gasteiger charge is 2.23. The van der Waals surface area contributed by atoms with E-state index in [9.17, 15) is 14.4 Å². The Morgan fingerprint density at radius 2 is 1.54 bits per heavy atom. The lowest BCUT2D eigenvalue weighted by molar-refractivity contribution is -0.133. The van der Waals surface area contributed by atoms with Crippen LogP contribution in [0.15, 0.2) is 0 Å². The molecule has 1 fully saturated rings. The zero-order valence-corrected chi connectivity index (χ0v) is 15.6. The Balaban J connectivity index is 2.41. The summed E-state index contributed by atoms with van der Waals surface area (Å²) in [6.45, 7) is 11.6. The van der Waals surface area contributed by atoms with Crippen molar-refractivity contribution in [3.63, 3.8) is 0 Å². The zero-order chi connectivity index (χ0) is 18.3. The minimum absolute atomic E-state index is 0.0884. The molecule has 0 aromatic rings. The van der Waals surface area contributed by atoms with Gasteiger partial charge in [-0.1, -0.05) is 13.8 Å². The second-order valence-corrected chi connectivity index (χ2v) is 7.57. The number of alkyl carbamates (subject to hydrolysis) is 1. The number of nitrogens with one attached hydrogen (secondary N) is 1. The van der Waals surface area contributed by atoms with Crippen LogP contribution in [-0.4, -0.2) is 66.0 Å². The van der Waals surface area contributed by atoms with E-state index in [0.29, 0.717) is 38.5 Å². The minimum atomic E-state index is -0.598. The lowest BCUT2D eigenvalue weighted by Gasteiger charge is -2.23. The van der Waals surface area contributed by atoms with Crippen molar-refractivity contribution in [2.45, 2.75) is 53.1 Å². The molecule has 0 aromatic heterocycles. The maximum absolute atomic E-state index is 12.2. The number of rotatable bonds is 4. The fraction of sp³-hybridized carbons (Fsp3) is 0.824. The van der Waals surface area contributed by atoms with Gasteiger partial charge in [-0.2, -0.15) is 0 Å². The van der Waals surface area contributed by atoms with Gasteiger partial charge in [-0.3, -0.25) is 9.59 Å². The molecule has 1 rings (SSSR count). The maximum atomic E-state index is 12.2. The quantitative estimate of drug-likeness (QED) is 0.843. The number of hydrogen-bond donors (Lipinski definition) is 1. The van der Waals surface area contributed by atoms with Crippen molar-refractivity contribution in [2.75, 3.05) is 32.7 Å². The van der Waals surface area contributed by atoms with Crippen LogP contribution in [0.3, 0.4) is 0 Å². The Kier molecular flexibility index (Phi) is 7.51. The smallest absolute Gasteiger partial charge is 0.408 e. The number of ether oxygens (including phenoxy) is 1. The summed E-state index contributed by atoms with van der Waals surface area (Å²) < 4.78 is 5.11. The van der Waals surface area contributed by atoms with Crippen LogP contribution in [0.25, 0.3) is 0 Å². The molecular weight excluding hydrogens is 310 g/mol. The van der Waals surface area contributed by atoms with Crippen molar-refractivity contribution in [3.8, 4) is 0 Å². The standard InChI is InChI=1S/C17H31N3O4/c1-13(2)11-14(21)19-7-6-8-20(10-9-19)15(22)12-18-16(23)24-17(3,4)5/h13H,6-12H2,1-5H3,(H,18,23). The van der Waals surface area contributed by atoms with E-state index in [1.165, 1.54) is 0 Å². The molecule has 0 atom stereocenters. The number of nitrogens with zero attached hydrogens (tertiary/aromatic N) is 2. The summed E-state index contributed by atoms with van der Waals surface area (Å²) in [6, 6.07) is 0. The van der Waals surface area contributed by atoms with Crippen molar-refractivity contribution >= 4 is 17.9 Å². The average Bonchev–Trinajstić information content (AvgIpc) is 2.68. The van der Waals surface area contributed by atoms with E-state index in [0.717, 1.165) is 6.42 Å². The molecule has 138 valence electrons. The highest BCUT2D eigenvalue weighted by atomic mass is 16.6. The predicted octanol–water partition coefficient (Wildman–Crippen LogP) is 1.62. The van der Waals surface area contributed by atoms with Gasteiger partial charge < -0.3 is 19.9 Å². The predicted molar refractivity (Wildman–Crippen MR) is 91.5 cm³/mol. The highest BCUT2D eigenvalue weighted by Crippen LogP contribution is 2.09. The lowest BCUT2D eigenvalue weighted by atomic mass is 10.1. The van der Waals surface area contributed by atoms with Crippen molar-refractivity contribution < 1.29 is 19.1 Å². The maximum Gasteiger partial charge on any atom is 0.408 e. The fourth-order valence-electron chi connectivity index (χ4n) is 2.47. The molecule has 1 aliphatic rings. The topological polar surface area (TPSA) is 79.0 Å². The summed E-state index contributed by atoms with van der Waals surface area (Å²) in [5, 5.41) is 2.48. The molecule has 7 heteroatoms. The van der Waals surface area contributed by atoms with Crippen LogP contribution in [0, 0.1) is 5.92 Å². The van der Waals surface area contributed by atoms with Gasteiger partial charge in [0.2, 0.25) is 11.8 Å². The Morgan fingerprint density at radius 1 is 1.00 bits per heavy atom. The van der Waals surface area contributed by atoms with Crippen LogP contribution in [-0.2, 0) is 14.3 Å². The molecule has 0 bridgehead atoms. The minimum Gasteiger partial charge on any atom is -0.444 e. The SMILES string of the molecule is CC(C)CC(=O)N1CCCN(C(=O)CNC(=O)OC(C)(C)C)CC1. The third kappa shape index (κ3) is 7.66. The van der Waals surface area contributed by atoms with Gasteiger partial charge in [0.1, 0.15) is 12.1 Å². The molecule has 24 heavy (non-hydrogen) atoms.